The molecule has 1 N–H and O–H groups in total. The fourth-order valence-electron chi connectivity index (χ4n) is 4.29. The van der Waals surface area contributed by atoms with E-state index < -0.39 is 5.60 Å². The first-order valence-corrected chi connectivity index (χ1v) is 6.23. The van der Waals surface area contributed by atoms with E-state index in [9.17, 15) is 5.11 Å². The normalized spacial score (nSPS) is 56.0. The SMILES string of the molecule is CC1(C)[C@@H]2CC[C@]1(C)[C@](O)(CC1CO1)C2. The van der Waals surface area contributed by atoms with E-state index in [0.29, 0.717) is 17.4 Å². The minimum Gasteiger partial charge on any atom is -0.389 e. The van der Waals surface area contributed by atoms with Gasteiger partial charge in [0.25, 0.3) is 0 Å². The van der Waals surface area contributed by atoms with Gasteiger partial charge in [-0.05, 0) is 30.6 Å². The van der Waals surface area contributed by atoms with Crippen molar-refractivity contribution in [1.29, 1.82) is 0 Å². The Kier molecular flexibility index (Phi) is 1.75. The maximum absolute atomic E-state index is 10.9. The van der Waals surface area contributed by atoms with Crippen molar-refractivity contribution in [2.45, 2.75) is 58.2 Å². The van der Waals surface area contributed by atoms with Crippen molar-refractivity contribution < 1.29 is 9.84 Å². The van der Waals surface area contributed by atoms with Gasteiger partial charge in [0.15, 0.2) is 0 Å². The summed E-state index contributed by atoms with van der Waals surface area (Å²) in [6.07, 6.45) is 4.70. The molecule has 3 fully saturated rings. The number of ether oxygens (including phenoxy) is 1. The minimum atomic E-state index is -0.458. The Labute approximate surface area is 92.0 Å². The first-order chi connectivity index (χ1) is 6.89. The largest absolute Gasteiger partial charge is 0.389 e. The molecule has 0 aromatic carbocycles. The summed E-state index contributed by atoms with van der Waals surface area (Å²) in [5.74, 6) is 0.714. The van der Waals surface area contributed by atoms with Gasteiger partial charge in [-0.1, -0.05) is 20.8 Å². The molecule has 1 saturated heterocycles. The van der Waals surface area contributed by atoms with Crippen LogP contribution in [-0.2, 0) is 4.74 Å². The molecule has 2 bridgehead atoms. The summed E-state index contributed by atoms with van der Waals surface area (Å²) >= 11 is 0. The molecule has 3 rings (SSSR count). The Hall–Kier alpha value is -0.0800. The fourth-order valence-corrected chi connectivity index (χ4v) is 4.29. The molecule has 86 valence electrons. The van der Waals surface area contributed by atoms with Gasteiger partial charge in [-0.3, -0.25) is 0 Å². The van der Waals surface area contributed by atoms with E-state index in [4.69, 9.17) is 4.74 Å². The lowest BCUT2D eigenvalue weighted by molar-refractivity contribution is -0.0980. The van der Waals surface area contributed by atoms with Gasteiger partial charge in [0.05, 0.1) is 18.3 Å². The Balaban J connectivity index is 1.93. The molecule has 15 heavy (non-hydrogen) atoms. The average Bonchev–Trinajstić information content (AvgIpc) is 2.87. The van der Waals surface area contributed by atoms with Crippen LogP contribution in [0.4, 0.5) is 0 Å². The zero-order valence-corrected chi connectivity index (χ0v) is 10.0. The smallest absolute Gasteiger partial charge is 0.0837 e. The third-order valence-corrected chi connectivity index (χ3v) is 6.01. The maximum Gasteiger partial charge on any atom is 0.0837 e. The Bertz CT molecular complexity index is 295. The number of hydrogen-bond donors (Lipinski definition) is 1. The quantitative estimate of drug-likeness (QED) is 0.710. The maximum atomic E-state index is 10.9. The zero-order valence-electron chi connectivity index (χ0n) is 10.0. The second kappa shape index (κ2) is 2.60. The lowest BCUT2D eigenvalue weighted by atomic mass is 9.63. The predicted octanol–water partition coefficient (Wildman–Crippen LogP) is 2.35. The molecule has 0 aromatic rings. The molecule has 1 unspecified atom stereocenters. The van der Waals surface area contributed by atoms with Gasteiger partial charge in [0.2, 0.25) is 0 Å². The lowest BCUT2D eigenvalue weighted by Gasteiger charge is -2.45. The Morgan fingerprint density at radius 3 is 2.40 bits per heavy atom. The van der Waals surface area contributed by atoms with Gasteiger partial charge < -0.3 is 9.84 Å². The second-order valence-electron chi connectivity index (χ2n) is 6.68. The molecule has 1 aliphatic heterocycles. The summed E-state index contributed by atoms with van der Waals surface area (Å²) < 4.78 is 5.30. The van der Waals surface area contributed by atoms with Gasteiger partial charge in [-0.2, -0.15) is 0 Å². The van der Waals surface area contributed by atoms with E-state index in [-0.39, 0.29) is 5.41 Å². The third-order valence-electron chi connectivity index (χ3n) is 6.01. The minimum absolute atomic E-state index is 0.108. The number of epoxide rings is 1. The lowest BCUT2D eigenvalue weighted by Crippen LogP contribution is -2.48. The van der Waals surface area contributed by atoms with Crippen molar-refractivity contribution in [2.75, 3.05) is 6.61 Å². The second-order valence-corrected chi connectivity index (χ2v) is 6.68. The van der Waals surface area contributed by atoms with Gasteiger partial charge in [0, 0.05) is 11.8 Å². The van der Waals surface area contributed by atoms with Crippen LogP contribution in [0.2, 0.25) is 0 Å². The summed E-state index contributed by atoms with van der Waals surface area (Å²) in [6.45, 7) is 7.85. The Morgan fingerprint density at radius 1 is 1.33 bits per heavy atom. The molecular weight excluding hydrogens is 188 g/mol. The van der Waals surface area contributed by atoms with Crippen LogP contribution in [0.3, 0.4) is 0 Å². The molecule has 4 atom stereocenters. The first-order valence-electron chi connectivity index (χ1n) is 6.23. The molecule has 0 amide bonds. The van der Waals surface area contributed by atoms with Crippen molar-refractivity contribution >= 4 is 0 Å². The number of rotatable bonds is 2. The number of hydrogen-bond acceptors (Lipinski definition) is 2. The van der Waals surface area contributed by atoms with Crippen LogP contribution in [0.15, 0.2) is 0 Å². The van der Waals surface area contributed by atoms with Crippen LogP contribution in [-0.4, -0.2) is 23.4 Å². The molecule has 3 aliphatic rings. The molecule has 0 spiro atoms. The van der Waals surface area contributed by atoms with Crippen LogP contribution in [0.25, 0.3) is 0 Å². The van der Waals surface area contributed by atoms with E-state index >= 15 is 0 Å². The first kappa shape index (κ1) is 10.1. The fraction of sp³-hybridized carbons (Fsp3) is 1.00. The summed E-state index contributed by atoms with van der Waals surface area (Å²) in [7, 11) is 0. The number of aliphatic hydroxyl groups is 1. The van der Waals surface area contributed by atoms with Crippen molar-refractivity contribution in [2.24, 2.45) is 16.7 Å². The summed E-state index contributed by atoms with van der Waals surface area (Å²) in [5.41, 5.74) is -0.0478. The topological polar surface area (TPSA) is 32.8 Å². The van der Waals surface area contributed by atoms with Gasteiger partial charge in [-0.15, -0.1) is 0 Å². The summed E-state index contributed by atoms with van der Waals surface area (Å²) in [6, 6.07) is 0. The molecule has 0 radical (unpaired) electrons. The Morgan fingerprint density at radius 2 is 2.00 bits per heavy atom. The van der Waals surface area contributed by atoms with E-state index in [1.807, 2.05) is 0 Å². The standard InChI is InChI=1S/C13H22O2/c1-11(2)9-4-5-12(11,3)13(14,6-9)7-10-8-15-10/h9-10,14H,4-8H2,1-3H3/t9-,10?,12+,13-/m1/s1. The average molecular weight is 210 g/mol. The van der Waals surface area contributed by atoms with Crippen molar-refractivity contribution in [3.8, 4) is 0 Å². The van der Waals surface area contributed by atoms with Crippen LogP contribution in [0, 0.1) is 16.7 Å². The van der Waals surface area contributed by atoms with Gasteiger partial charge in [0.1, 0.15) is 0 Å². The van der Waals surface area contributed by atoms with E-state index in [0.717, 1.165) is 19.4 Å². The molecular formula is C13H22O2. The van der Waals surface area contributed by atoms with E-state index in [2.05, 4.69) is 20.8 Å². The van der Waals surface area contributed by atoms with Gasteiger partial charge >= 0.3 is 0 Å². The zero-order chi connectivity index (χ0) is 10.9. The van der Waals surface area contributed by atoms with Crippen molar-refractivity contribution in [3.63, 3.8) is 0 Å². The predicted molar refractivity (Wildman–Crippen MR) is 58.5 cm³/mol. The third kappa shape index (κ3) is 1.07. The summed E-state index contributed by atoms with van der Waals surface area (Å²) in [5, 5.41) is 10.9. The van der Waals surface area contributed by atoms with Crippen molar-refractivity contribution in [1.82, 2.24) is 0 Å². The monoisotopic (exact) mass is 210 g/mol. The molecule has 0 aromatic heterocycles. The van der Waals surface area contributed by atoms with Crippen molar-refractivity contribution in [3.05, 3.63) is 0 Å². The summed E-state index contributed by atoms with van der Waals surface area (Å²) in [4.78, 5) is 0. The molecule has 2 saturated carbocycles. The molecule has 1 heterocycles. The number of fused-ring (bicyclic) bond motifs is 2. The van der Waals surface area contributed by atoms with E-state index in [1.165, 1.54) is 12.8 Å². The van der Waals surface area contributed by atoms with Crippen LogP contribution >= 0.6 is 0 Å². The van der Waals surface area contributed by atoms with E-state index in [1.54, 1.807) is 0 Å². The van der Waals surface area contributed by atoms with Crippen LogP contribution < -0.4 is 0 Å². The van der Waals surface area contributed by atoms with Crippen LogP contribution in [0.5, 0.6) is 0 Å². The molecule has 2 heteroatoms. The molecule has 2 aliphatic carbocycles. The molecule has 2 nitrogen and oxygen atoms in total. The van der Waals surface area contributed by atoms with Gasteiger partial charge in [-0.25, -0.2) is 0 Å². The van der Waals surface area contributed by atoms with Crippen LogP contribution in [0.1, 0.15) is 46.5 Å². The highest BCUT2D eigenvalue weighted by Crippen LogP contribution is 2.70. The highest BCUT2D eigenvalue weighted by atomic mass is 16.6. The highest BCUT2D eigenvalue weighted by Gasteiger charge is 2.68. The highest BCUT2D eigenvalue weighted by molar-refractivity contribution is 5.18.